The topological polar surface area (TPSA) is 99.7 Å². The fourth-order valence-corrected chi connectivity index (χ4v) is 2.15. The van der Waals surface area contributed by atoms with Crippen molar-refractivity contribution in [3.05, 3.63) is 11.7 Å². The lowest BCUT2D eigenvalue weighted by Crippen LogP contribution is -2.30. The van der Waals surface area contributed by atoms with Crippen molar-refractivity contribution < 1.29 is 19.5 Å². The maximum absolute atomic E-state index is 11.0. The molecule has 1 aromatic rings. The standard InChI is InChI=1S/C10H13N3O4/c14-6-3-7(13(4-6)10(15)16)9-11-8(12-17-9)5-1-2-5/h5-7,14H,1-4H2,(H,15,16)/t6-,7+/m1/s1. The highest BCUT2D eigenvalue weighted by molar-refractivity contribution is 5.66. The zero-order valence-corrected chi connectivity index (χ0v) is 9.11. The van der Waals surface area contributed by atoms with Crippen molar-refractivity contribution in [2.24, 2.45) is 0 Å². The van der Waals surface area contributed by atoms with E-state index in [-0.39, 0.29) is 6.54 Å². The number of nitrogens with zero attached hydrogens (tertiary/aromatic N) is 3. The molecule has 2 heterocycles. The van der Waals surface area contributed by atoms with Crippen LogP contribution in [0.1, 0.15) is 42.9 Å². The Kier molecular flexibility index (Phi) is 2.29. The van der Waals surface area contributed by atoms with Crippen LogP contribution in [0.4, 0.5) is 4.79 Å². The zero-order valence-electron chi connectivity index (χ0n) is 9.11. The molecule has 3 rings (SSSR count). The van der Waals surface area contributed by atoms with Gasteiger partial charge in [0.2, 0.25) is 5.89 Å². The van der Waals surface area contributed by atoms with Crippen LogP contribution in [-0.2, 0) is 0 Å². The summed E-state index contributed by atoms with van der Waals surface area (Å²) >= 11 is 0. The lowest BCUT2D eigenvalue weighted by atomic mass is 10.2. The molecular weight excluding hydrogens is 226 g/mol. The number of aromatic nitrogens is 2. The van der Waals surface area contributed by atoms with Gasteiger partial charge in [-0.3, -0.25) is 4.90 Å². The van der Waals surface area contributed by atoms with Gasteiger partial charge in [-0.1, -0.05) is 5.16 Å². The third-order valence-electron chi connectivity index (χ3n) is 3.21. The van der Waals surface area contributed by atoms with E-state index < -0.39 is 18.2 Å². The number of β-amino-alcohol motifs (C(OH)–C–C–N with tert-alkyl or cyclic N) is 1. The van der Waals surface area contributed by atoms with Crippen molar-refractivity contribution in [2.75, 3.05) is 6.54 Å². The van der Waals surface area contributed by atoms with Crippen molar-refractivity contribution in [1.29, 1.82) is 0 Å². The van der Waals surface area contributed by atoms with Crippen LogP contribution in [0.3, 0.4) is 0 Å². The van der Waals surface area contributed by atoms with Gasteiger partial charge in [0.25, 0.3) is 0 Å². The van der Waals surface area contributed by atoms with Crippen LogP contribution in [0, 0.1) is 0 Å². The Morgan fingerprint density at radius 2 is 2.24 bits per heavy atom. The summed E-state index contributed by atoms with van der Waals surface area (Å²) in [5.74, 6) is 1.33. The highest BCUT2D eigenvalue weighted by Gasteiger charge is 2.40. The van der Waals surface area contributed by atoms with Gasteiger partial charge in [0.1, 0.15) is 6.04 Å². The lowest BCUT2D eigenvalue weighted by molar-refractivity contribution is 0.125. The van der Waals surface area contributed by atoms with Gasteiger partial charge in [-0.15, -0.1) is 0 Å². The molecule has 0 aromatic carbocycles. The van der Waals surface area contributed by atoms with Crippen molar-refractivity contribution in [3.63, 3.8) is 0 Å². The third kappa shape index (κ3) is 1.86. The van der Waals surface area contributed by atoms with Crippen molar-refractivity contribution in [1.82, 2.24) is 15.0 Å². The Morgan fingerprint density at radius 3 is 2.88 bits per heavy atom. The van der Waals surface area contributed by atoms with Crippen LogP contribution >= 0.6 is 0 Å². The average Bonchev–Trinajstić information content (AvgIpc) is 2.88. The molecule has 1 aliphatic carbocycles. The summed E-state index contributed by atoms with van der Waals surface area (Å²) in [6.07, 6.45) is 0.715. The molecule has 7 nitrogen and oxygen atoms in total. The molecule has 2 aliphatic rings. The van der Waals surface area contributed by atoms with Gasteiger partial charge in [-0.25, -0.2) is 4.79 Å². The second kappa shape index (κ2) is 3.69. The Morgan fingerprint density at radius 1 is 1.47 bits per heavy atom. The van der Waals surface area contributed by atoms with Crippen LogP contribution in [0.2, 0.25) is 0 Å². The molecule has 2 N–H and O–H groups in total. The predicted octanol–water partition coefficient (Wildman–Crippen LogP) is 0.733. The maximum Gasteiger partial charge on any atom is 0.408 e. The van der Waals surface area contributed by atoms with Gasteiger partial charge in [0.15, 0.2) is 5.82 Å². The highest BCUT2D eigenvalue weighted by Crippen LogP contribution is 2.39. The summed E-state index contributed by atoms with van der Waals surface area (Å²) in [5.41, 5.74) is 0. The Labute approximate surface area is 97.0 Å². The summed E-state index contributed by atoms with van der Waals surface area (Å²) in [5, 5.41) is 22.4. The van der Waals surface area contributed by atoms with E-state index in [1.54, 1.807) is 0 Å². The minimum absolute atomic E-state index is 0.0984. The van der Waals surface area contributed by atoms with Gasteiger partial charge in [0, 0.05) is 12.3 Å². The Balaban J connectivity index is 1.83. The Hall–Kier alpha value is -1.63. The number of rotatable bonds is 2. The van der Waals surface area contributed by atoms with Crippen LogP contribution in [0.25, 0.3) is 0 Å². The van der Waals surface area contributed by atoms with E-state index >= 15 is 0 Å². The lowest BCUT2D eigenvalue weighted by Gasteiger charge is -2.16. The van der Waals surface area contributed by atoms with Gasteiger partial charge < -0.3 is 14.7 Å². The molecule has 92 valence electrons. The normalized spacial score (nSPS) is 28.6. The zero-order chi connectivity index (χ0) is 12.0. The molecule has 7 heteroatoms. The summed E-state index contributed by atoms with van der Waals surface area (Å²) in [4.78, 5) is 16.4. The minimum Gasteiger partial charge on any atom is -0.465 e. The first-order valence-corrected chi connectivity index (χ1v) is 5.66. The largest absolute Gasteiger partial charge is 0.465 e. The van der Waals surface area contributed by atoms with Crippen molar-refractivity contribution >= 4 is 6.09 Å². The fourth-order valence-electron chi connectivity index (χ4n) is 2.15. The minimum atomic E-state index is -1.07. The second-order valence-electron chi connectivity index (χ2n) is 4.61. The number of aliphatic hydroxyl groups excluding tert-OH is 1. The molecule has 0 radical (unpaired) electrons. The van der Waals surface area contributed by atoms with E-state index in [4.69, 9.17) is 9.63 Å². The van der Waals surface area contributed by atoms with Crippen LogP contribution in [-0.4, -0.2) is 44.0 Å². The molecule has 0 spiro atoms. The Bertz CT molecular complexity index is 443. The number of amides is 1. The number of likely N-dealkylation sites (tertiary alicyclic amines) is 1. The van der Waals surface area contributed by atoms with Gasteiger partial charge >= 0.3 is 6.09 Å². The molecule has 1 saturated carbocycles. The predicted molar refractivity (Wildman–Crippen MR) is 54.4 cm³/mol. The molecule has 0 unspecified atom stereocenters. The molecule has 1 aromatic heterocycles. The quantitative estimate of drug-likeness (QED) is 0.789. The van der Waals surface area contributed by atoms with E-state index in [0.717, 1.165) is 17.7 Å². The molecule has 2 fully saturated rings. The summed E-state index contributed by atoms with van der Waals surface area (Å²) in [6.45, 7) is 0.0984. The number of carboxylic acid groups (broad SMARTS) is 1. The van der Waals surface area contributed by atoms with Gasteiger partial charge in [0.05, 0.1) is 12.6 Å². The monoisotopic (exact) mass is 239 g/mol. The van der Waals surface area contributed by atoms with E-state index in [1.165, 1.54) is 0 Å². The molecule has 1 aliphatic heterocycles. The van der Waals surface area contributed by atoms with Gasteiger partial charge in [-0.2, -0.15) is 4.98 Å². The van der Waals surface area contributed by atoms with E-state index in [9.17, 15) is 9.90 Å². The van der Waals surface area contributed by atoms with Gasteiger partial charge in [-0.05, 0) is 12.8 Å². The number of carbonyl (C=O) groups is 1. The number of hydrogen-bond donors (Lipinski definition) is 2. The van der Waals surface area contributed by atoms with Crippen molar-refractivity contribution in [3.8, 4) is 0 Å². The van der Waals surface area contributed by atoms with E-state index in [1.807, 2.05) is 0 Å². The fraction of sp³-hybridized carbons (Fsp3) is 0.700. The SMILES string of the molecule is O=C(O)N1C[C@H](O)C[C@H]1c1nc(C2CC2)no1. The van der Waals surface area contributed by atoms with Crippen LogP contribution < -0.4 is 0 Å². The summed E-state index contributed by atoms with van der Waals surface area (Å²) < 4.78 is 5.10. The smallest absolute Gasteiger partial charge is 0.408 e. The summed E-state index contributed by atoms with van der Waals surface area (Å²) in [6, 6.07) is -0.512. The molecule has 2 atom stereocenters. The number of aliphatic hydroxyl groups is 1. The first kappa shape index (κ1) is 10.5. The van der Waals surface area contributed by atoms with E-state index in [2.05, 4.69) is 10.1 Å². The molecular formula is C10H13N3O4. The summed E-state index contributed by atoms with van der Waals surface area (Å²) in [7, 11) is 0. The first-order valence-electron chi connectivity index (χ1n) is 5.66. The van der Waals surface area contributed by atoms with Crippen molar-refractivity contribution in [2.45, 2.75) is 37.3 Å². The maximum atomic E-state index is 11.0. The van der Waals surface area contributed by atoms with Crippen LogP contribution in [0.15, 0.2) is 4.52 Å². The highest BCUT2D eigenvalue weighted by atomic mass is 16.5. The molecule has 1 saturated heterocycles. The average molecular weight is 239 g/mol. The van der Waals surface area contributed by atoms with E-state index in [0.29, 0.717) is 24.1 Å². The number of hydrogen-bond acceptors (Lipinski definition) is 5. The molecule has 0 bridgehead atoms. The third-order valence-corrected chi connectivity index (χ3v) is 3.21. The first-order chi connectivity index (χ1) is 8.15. The van der Waals surface area contributed by atoms with Crippen LogP contribution in [0.5, 0.6) is 0 Å². The molecule has 17 heavy (non-hydrogen) atoms. The molecule has 1 amide bonds. The second-order valence-corrected chi connectivity index (χ2v) is 4.61.